The molecule has 1 aliphatic heterocycles. The Labute approximate surface area is 165 Å². The van der Waals surface area contributed by atoms with Crippen LogP contribution in [0.25, 0.3) is 0 Å². The number of benzene rings is 1. The van der Waals surface area contributed by atoms with Gasteiger partial charge < -0.3 is 10.6 Å². The fourth-order valence-electron chi connectivity index (χ4n) is 3.11. The minimum Gasteiger partial charge on any atom is -0.328 e. The van der Waals surface area contributed by atoms with Crippen LogP contribution in [0.4, 0.5) is 11.6 Å². The average Bonchev–Trinajstić information content (AvgIpc) is 3.12. The summed E-state index contributed by atoms with van der Waals surface area (Å²) in [6, 6.07) is 8.22. The number of anilines is 2. The number of carbonyl (C=O) groups excluding carboxylic acids is 1. The van der Waals surface area contributed by atoms with E-state index >= 15 is 0 Å². The Morgan fingerprint density at radius 1 is 1.26 bits per heavy atom. The lowest BCUT2D eigenvalue weighted by Gasteiger charge is -2.34. The first-order chi connectivity index (χ1) is 13.1. The molecule has 136 valence electrons. The van der Waals surface area contributed by atoms with E-state index in [9.17, 15) is 4.79 Å². The highest BCUT2D eigenvalue weighted by molar-refractivity contribution is 6.42. The smallest absolute Gasteiger partial charge is 0.236 e. The normalized spacial score (nSPS) is 18.5. The van der Waals surface area contributed by atoms with Crippen molar-refractivity contribution < 1.29 is 4.79 Å². The molecule has 0 fully saturated rings. The highest BCUT2D eigenvalue weighted by atomic mass is 35.5. The Morgan fingerprint density at radius 2 is 2.11 bits per heavy atom. The third kappa shape index (κ3) is 3.15. The molecule has 3 aromatic rings. The first kappa shape index (κ1) is 17.5. The molecule has 0 spiro atoms. The summed E-state index contributed by atoms with van der Waals surface area (Å²) >= 11 is 12.7. The molecule has 3 heterocycles. The summed E-state index contributed by atoms with van der Waals surface area (Å²) in [5.41, 5.74) is 1.72. The number of nitrogens with zero attached hydrogens (tertiary/aromatic N) is 4. The summed E-state index contributed by atoms with van der Waals surface area (Å²) in [4.78, 5) is 21.3. The summed E-state index contributed by atoms with van der Waals surface area (Å²) in [5.74, 6) is -0.496. The van der Waals surface area contributed by atoms with Crippen LogP contribution in [0, 0.1) is 5.92 Å². The van der Waals surface area contributed by atoms with E-state index < -0.39 is 12.0 Å². The van der Waals surface area contributed by atoms with Gasteiger partial charge in [-0.25, -0.2) is 4.68 Å². The van der Waals surface area contributed by atoms with Crippen LogP contribution >= 0.6 is 23.2 Å². The molecule has 2 unspecified atom stereocenters. The Kier molecular flexibility index (Phi) is 4.55. The summed E-state index contributed by atoms with van der Waals surface area (Å²) in [6.07, 6.45) is 4.61. The first-order valence-electron chi connectivity index (χ1n) is 8.06. The lowest BCUT2D eigenvalue weighted by Crippen LogP contribution is -2.39. The van der Waals surface area contributed by atoms with Crippen molar-refractivity contribution in [1.82, 2.24) is 19.7 Å². The summed E-state index contributed by atoms with van der Waals surface area (Å²) in [7, 11) is 0. The summed E-state index contributed by atoms with van der Waals surface area (Å²) in [6.45, 7) is 4.02. The van der Waals surface area contributed by atoms with Gasteiger partial charge in [-0.05, 0) is 23.8 Å². The van der Waals surface area contributed by atoms with Gasteiger partial charge in [0.2, 0.25) is 11.9 Å². The standard InChI is InChI=1S/C18H14Cl2N6O/c1-10-14(17(27)25-11-4-3-7-21-8-11)16(26-18(24-10)22-9-23-26)12-5-2-6-13(19)15(12)20/h2-9,14,16H,1H2,(H,25,27)(H,22,23,24). The zero-order chi connectivity index (χ0) is 19.0. The number of carbonyl (C=O) groups is 1. The number of halogens is 2. The third-order valence-corrected chi connectivity index (χ3v) is 5.15. The van der Waals surface area contributed by atoms with Crippen LogP contribution in [0.15, 0.2) is 61.3 Å². The molecule has 2 atom stereocenters. The molecule has 2 N–H and O–H groups in total. The highest BCUT2D eigenvalue weighted by Crippen LogP contribution is 2.41. The van der Waals surface area contributed by atoms with Gasteiger partial charge >= 0.3 is 0 Å². The van der Waals surface area contributed by atoms with Crippen LogP contribution in [-0.2, 0) is 4.79 Å². The van der Waals surface area contributed by atoms with E-state index in [4.69, 9.17) is 23.2 Å². The van der Waals surface area contributed by atoms with Gasteiger partial charge in [-0.1, -0.05) is 41.9 Å². The second kappa shape index (κ2) is 7.02. The fraction of sp³-hybridized carbons (Fsp3) is 0.111. The monoisotopic (exact) mass is 400 g/mol. The predicted octanol–water partition coefficient (Wildman–Crippen LogP) is 3.76. The van der Waals surface area contributed by atoms with Crippen molar-refractivity contribution in [2.45, 2.75) is 6.04 Å². The van der Waals surface area contributed by atoms with E-state index in [0.717, 1.165) is 0 Å². The molecule has 0 saturated carbocycles. The Bertz CT molecular complexity index is 1020. The predicted molar refractivity (Wildman–Crippen MR) is 104 cm³/mol. The molecule has 9 heteroatoms. The van der Waals surface area contributed by atoms with Crippen molar-refractivity contribution in [2.24, 2.45) is 5.92 Å². The van der Waals surface area contributed by atoms with E-state index in [1.165, 1.54) is 6.33 Å². The molecular weight excluding hydrogens is 387 g/mol. The summed E-state index contributed by atoms with van der Waals surface area (Å²) < 4.78 is 1.61. The van der Waals surface area contributed by atoms with Crippen LogP contribution in [0.2, 0.25) is 10.0 Å². The number of pyridine rings is 1. The number of hydrogen-bond acceptors (Lipinski definition) is 5. The number of fused-ring (bicyclic) bond motifs is 1. The highest BCUT2D eigenvalue weighted by Gasteiger charge is 2.40. The molecule has 7 nitrogen and oxygen atoms in total. The number of hydrogen-bond donors (Lipinski definition) is 2. The van der Waals surface area contributed by atoms with Crippen molar-refractivity contribution in [1.29, 1.82) is 0 Å². The SMILES string of the molecule is C=C1Nc2ncnn2C(c2cccc(Cl)c2Cl)C1C(=O)Nc1cccnc1. The number of aromatic nitrogens is 4. The molecule has 0 aliphatic carbocycles. The van der Waals surface area contributed by atoms with Gasteiger partial charge in [0.1, 0.15) is 12.2 Å². The maximum atomic E-state index is 13.1. The molecule has 0 bridgehead atoms. The lowest BCUT2D eigenvalue weighted by molar-refractivity contribution is -0.119. The fourth-order valence-corrected chi connectivity index (χ4v) is 3.53. The van der Waals surface area contributed by atoms with E-state index in [0.29, 0.717) is 32.9 Å². The second-order valence-corrected chi connectivity index (χ2v) is 6.76. The van der Waals surface area contributed by atoms with Crippen molar-refractivity contribution in [3.63, 3.8) is 0 Å². The van der Waals surface area contributed by atoms with Gasteiger partial charge in [-0.2, -0.15) is 10.1 Å². The minimum absolute atomic E-state index is 0.275. The Balaban J connectivity index is 1.79. The van der Waals surface area contributed by atoms with Gasteiger partial charge in [0.05, 0.1) is 28.0 Å². The van der Waals surface area contributed by atoms with E-state index in [1.54, 1.807) is 41.3 Å². The van der Waals surface area contributed by atoms with Crippen LogP contribution in [-0.4, -0.2) is 25.7 Å². The van der Waals surface area contributed by atoms with Gasteiger partial charge in [0.15, 0.2) is 0 Å². The molecule has 1 aliphatic rings. The summed E-state index contributed by atoms with van der Waals surface area (Å²) in [5, 5.41) is 10.9. The van der Waals surface area contributed by atoms with E-state index in [1.807, 2.05) is 6.07 Å². The average molecular weight is 401 g/mol. The van der Waals surface area contributed by atoms with Crippen LogP contribution in [0.1, 0.15) is 11.6 Å². The zero-order valence-corrected chi connectivity index (χ0v) is 15.4. The molecule has 2 aromatic heterocycles. The van der Waals surface area contributed by atoms with Gasteiger partial charge in [-0.15, -0.1) is 0 Å². The third-order valence-electron chi connectivity index (χ3n) is 4.31. The molecule has 0 saturated heterocycles. The van der Waals surface area contributed by atoms with Gasteiger partial charge in [0, 0.05) is 11.9 Å². The topological polar surface area (TPSA) is 84.7 Å². The lowest BCUT2D eigenvalue weighted by atomic mass is 9.88. The van der Waals surface area contributed by atoms with Crippen molar-refractivity contribution in [3.05, 3.63) is 76.9 Å². The zero-order valence-electron chi connectivity index (χ0n) is 13.9. The molecular formula is C18H14Cl2N6O. The van der Waals surface area contributed by atoms with Crippen LogP contribution in [0.3, 0.4) is 0 Å². The molecule has 0 radical (unpaired) electrons. The minimum atomic E-state index is -0.699. The number of amides is 1. The molecule has 27 heavy (non-hydrogen) atoms. The van der Waals surface area contributed by atoms with Crippen molar-refractivity contribution >= 4 is 40.7 Å². The van der Waals surface area contributed by atoms with Crippen molar-refractivity contribution in [3.8, 4) is 0 Å². The second-order valence-electron chi connectivity index (χ2n) is 5.97. The molecule has 1 aromatic carbocycles. The quantitative estimate of drug-likeness (QED) is 0.698. The number of nitrogens with one attached hydrogen (secondary N) is 2. The molecule has 4 rings (SSSR count). The maximum absolute atomic E-state index is 13.1. The molecule has 1 amide bonds. The number of rotatable bonds is 3. The Hall–Kier alpha value is -2.90. The van der Waals surface area contributed by atoms with E-state index in [-0.39, 0.29) is 5.91 Å². The van der Waals surface area contributed by atoms with Crippen LogP contribution in [0.5, 0.6) is 0 Å². The van der Waals surface area contributed by atoms with Crippen molar-refractivity contribution in [2.75, 3.05) is 10.6 Å². The van der Waals surface area contributed by atoms with Gasteiger partial charge in [0.25, 0.3) is 0 Å². The van der Waals surface area contributed by atoms with Gasteiger partial charge in [-0.3, -0.25) is 9.78 Å². The van der Waals surface area contributed by atoms with Crippen LogP contribution < -0.4 is 10.6 Å². The first-order valence-corrected chi connectivity index (χ1v) is 8.82. The largest absolute Gasteiger partial charge is 0.328 e. The Morgan fingerprint density at radius 3 is 2.89 bits per heavy atom. The maximum Gasteiger partial charge on any atom is 0.236 e. The van der Waals surface area contributed by atoms with E-state index in [2.05, 4.69) is 32.3 Å².